The highest BCUT2D eigenvalue weighted by molar-refractivity contribution is 6.03. The Morgan fingerprint density at radius 1 is 1.00 bits per heavy atom. The lowest BCUT2D eigenvalue weighted by molar-refractivity contribution is 0.101. The van der Waals surface area contributed by atoms with E-state index >= 15 is 0 Å². The number of amides is 1. The number of carbonyl (C=O) groups is 2. The maximum Gasteiger partial charge on any atom is 0.274 e. The summed E-state index contributed by atoms with van der Waals surface area (Å²) >= 11 is 0. The van der Waals surface area contributed by atoms with E-state index in [0.717, 1.165) is 6.42 Å². The van der Waals surface area contributed by atoms with Gasteiger partial charge in [0.05, 0.1) is 0 Å². The van der Waals surface area contributed by atoms with E-state index in [1.165, 1.54) is 18.7 Å². The van der Waals surface area contributed by atoms with E-state index in [0.29, 0.717) is 16.9 Å². The van der Waals surface area contributed by atoms with E-state index in [1.807, 2.05) is 24.3 Å². The smallest absolute Gasteiger partial charge is 0.274 e. The molecule has 2 N–H and O–H groups in total. The summed E-state index contributed by atoms with van der Waals surface area (Å²) in [6, 6.07) is 16.3. The molecule has 136 valence electrons. The number of anilines is 3. The van der Waals surface area contributed by atoms with Crippen LogP contribution >= 0.6 is 0 Å². The third-order valence-electron chi connectivity index (χ3n) is 4.03. The summed E-state index contributed by atoms with van der Waals surface area (Å²) in [5, 5.41) is 5.84. The number of carbonyl (C=O) groups excluding carboxylic acids is 2. The van der Waals surface area contributed by atoms with Crippen molar-refractivity contribution in [2.24, 2.45) is 0 Å². The van der Waals surface area contributed by atoms with Crippen molar-refractivity contribution < 1.29 is 9.59 Å². The molecule has 1 amide bonds. The fraction of sp³-hybridized carbons (Fsp3) is 0.143. The standard InChI is InChI=1S/C21H20N4O2/c1-3-15-7-9-17(10-8-15)23-20(27)19-11-12-22-21(25-19)24-18-6-4-5-16(13-18)14(2)26/h4-13H,3H2,1-2H3,(H,23,27)(H,22,24,25). The average molecular weight is 360 g/mol. The minimum atomic E-state index is -0.317. The first-order valence-corrected chi connectivity index (χ1v) is 8.66. The van der Waals surface area contributed by atoms with Crippen molar-refractivity contribution in [1.82, 2.24) is 9.97 Å². The molecular formula is C21H20N4O2. The topological polar surface area (TPSA) is 84.0 Å². The summed E-state index contributed by atoms with van der Waals surface area (Å²) in [5.74, 6) is -0.0614. The molecule has 0 aliphatic carbocycles. The Kier molecular flexibility index (Phi) is 5.56. The lowest BCUT2D eigenvalue weighted by Crippen LogP contribution is -2.14. The van der Waals surface area contributed by atoms with E-state index in [9.17, 15) is 9.59 Å². The summed E-state index contributed by atoms with van der Waals surface area (Å²) < 4.78 is 0. The Bertz CT molecular complexity index is 968. The van der Waals surface area contributed by atoms with E-state index in [-0.39, 0.29) is 23.3 Å². The zero-order chi connectivity index (χ0) is 19.2. The van der Waals surface area contributed by atoms with Crippen LogP contribution in [0.5, 0.6) is 0 Å². The molecule has 0 saturated carbocycles. The first-order valence-electron chi connectivity index (χ1n) is 8.66. The van der Waals surface area contributed by atoms with Crippen LogP contribution in [0.1, 0.15) is 40.3 Å². The van der Waals surface area contributed by atoms with Gasteiger partial charge in [0.1, 0.15) is 5.69 Å². The van der Waals surface area contributed by atoms with E-state index in [1.54, 1.807) is 30.3 Å². The SMILES string of the molecule is CCc1ccc(NC(=O)c2ccnc(Nc3cccc(C(C)=O)c3)n2)cc1. The number of nitrogens with zero attached hydrogens (tertiary/aromatic N) is 2. The molecule has 0 atom stereocenters. The zero-order valence-electron chi connectivity index (χ0n) is 15.2. The summed E-state index contributed by atoms with van der Waals surface area (Å²) in [7, 11) is 0. The number of Topliss-reactive ketones (excluding diaryl/α,β-unsaturated/α-hetero) is 1. The van der Waals surface area contributed by atoms with Gasteiger partial charge in [0.25, 0.3) is 5.91 Å². The molecule has 0 radical (unpaired) electrons. The Balaban J connectivity index is 1.73. The number of hydrogen-bond acceptors (Lipinski definition) is 5. The van der Waals surface area contributed by atoms with E-state index in [4.69, 9.17) is 0 Å². The van der Waals surface area contributed by atoms with Gasteiger partial charge in [-0.3, -0.25) is 9.59 Å². The maximum absolute atomic E-state index is 12.4. The van der Waals surface area contributed by atoms with Gasteiger partial charge in [0, 0.05) is 23.1 Å². The molecule has 0 saturated heterocycles. The molecule has 0 aliphatic heterocycles. The normalized spacial score (nSPS) is 10.3. The summed E-state index contributed by atoms with van der Waals surface area (Å²) in [6.07, 6.45) is 2.46. The van der Waals surface area contributed by atoms with Gasteiger partial charge in [-0.1, -0.05) is 31.2 Å². The lowest BCUT2D eigenvalue weighted by Gasteiger charge is -2.08. The van der Waals surface area contributed by atoms with Gasteiger partial charge in [0.2, 0.25) is 5.95 Å². The number of nitrogens with one attached hydrogen (secondary N) is 2. The molecule has 1 aromatic heterocycles. The van der Waals surface area contributed by atoms with Crippen molar-refractivity contribution in [2.45, 2.75) is 20.3 Å². The molecule has 0 unspecified atom stereocenters. The van der Waals surface area contributed by atoms with Gasteiger partial charge in [-0.15, -0.1) is 0 Å². The van der Waals surface area contributed by atoms with Crippen LogP contribution in [0.25, 0.3) is 0 Å². The van der Waals surface area contributed by atoms with Crippen molar-refractivity contribution in [3.05, 3.63) is 77.6 Å². The Labute approximate surface area is 157 Å². The molecule has 0 aliphatic rings. The second kappa shape index (κ2) is 8.23. The van der Waals surface area contributed by atoms with Crippen LogP contribution in [0.3, 0.4) is 0 Å². The van der Waals surface area contributed by atoms with Gasteiger partial charge in [-0.25, -0.2) is 9.97 Å². The predicted octanol–water partition coefficient (Wildman–Crippen LogP) is 4.24. The van der Waals surface area contributed by atoms with Crippen molar-refractivity contribution in [2.75, 3.05) is 10.6 Å². The van der Waals surface area contributed by atoms with Gasteiger partial charge in [-0.2, -0.15) is 0 Å². The third kappa shape index (κ3) is 4.76. The van der Waals surface area contributed by atoms with Gasteiger partial charge < -0.3 is 10.6 Å². The Morgan fingerprint density at radius 3 is 2.48 bits per heavy atom. The molecule has 2 aromatic carbocycles. The number of aromatic nitrogens is 2. The van der Waals surface area contributed by atoms with Gasteiger partial charge in [0.15, 0.2) is 5.78 Å². The van der Waals surface area contributed by atoms with Crippen LogP contribution in [0.2, 0.25) is 0 Å². The van der Waals surface area contributed by atoms with Crippen LogP contribution in [-0.4, -0.2) is 21.7 Å². The highest BCUT2D eigenvalue weighted by Crippen LogP contribution is 2.16. The molecule has 0 fully saturated rings. The summed E-state index contributed by atoms with van der Waals surface area (Å²) in [4.78, 5) is 32.3. The van der Waals surface area contributed by atoms with E-state index < -0.39 is 0 Å². The van der Waals surface area contributed by atoms with E-state index in [2.05, 4.69) is 27.5 Å². The van der Waals surface area contributed by atoms with Crippen LogP contribution in [-0.2, 0) is 6.42 Å². The van der Waals surface area contributed by atoms with Crippen LogP contribution in [0.15, 0.2) is 60.8 Å². The molecular weight excluding hydrogens is 340 g/mol. The minimum Gasteiger partial charge on any atom is -0.324 e. The first kappa shape index (κ1) is 18.3. The fourth-order valence-electron chi connectivity index (χ4n) is 2.51. The summed E-state index contributed by atoms with van der Waals surface area (Å²) in [6.45, 7) is 3.59. The van der Waals surface area contributed by atoms with Crippen molar-refractivity contribution in [1.29, 1.82) is 0 Å². The first-order chi connectivity index (χ1) is 13.0. The molecule has 3 aromatic rings. The molecule has 27 heavy (non-hydrogen) atoms. The summed E-state index contributed by atoms with van der Waals surface area (Å²) in [5.41, 5.74) is 3.42. The molecule has 1 heterocycles. The van der Waals surface area contributed by atoms with Crippen LogP contribution in [0, 0.1) is 0 Å². The van der Waals surface area contributed by atoms with Crippen molar-refractivity contribution in [3.8, 4) is 0 Å². The van der Waals surface area contributed by atoms with Gasteiger partial charge >= 0.3 is 0 Å². The third-order valence-corrected chi connectivity index (χ3v) is 4.03. The minimum absolute atomic E-state index is 0.0261. The predicted molar refractivity (Wildman–Crippen MR) is 106 cm³/mol. The van der Waals surface area contributed by atoms with Gasteiger partial charge in [-0.05, 0) is 49.2 Å². The highest BCUT2D eigenvalue weighted by atomic mass is 16.2. The van der Waals surface area contributed by atoms with Crippen LogP contribution < -0.4 is 10.6 Å². The number of ketones is 1. The Hall–Kier alpha value is -3.54. The second-order valence-corrected chi connectivity index (χ2v) is 6.03. The number of rotatable bonds is 6. The molecule has 3 rings (SSSR count). The second-order valence-electron chi connectivity index (χ2n) is 6.03. The Morgan fingerprint density at radius 2 is 1.78 bits per heavy atom. The van der Waals surface area contributed by atoms with Crippen LogP contribution in [0.4, 0.5) is 17.3 Å². The quantitative estimate of drug-likeness (QED) is 0.643. The fourth-order valence-corrected chi connectivity index (χ4v) is 2.51. The zero-order valence-corrected chi connectivity index (χ0v) is 15.2. The number of benzene rings is 2. The molecule has 0 bridgehead atoms. The van der Waals surface area contributed by atoms with Crippen molar-refractivity contribution >= 4 is 29.0 Å². The lowest BCUT2D eigenvalue weighted by atomic mass is 10.1. The average Bonchev–Trinajstić information content (AvgIpc) is 2.69. The highest BCUT2D eigenvalue weighted by Gasteiger charge is 2.10. The molecule has 0 spiro atoms. The molecule has 6 heteroatoms. The maximum atomic E-state index is 12.4. The van der Waals surface area contributed by atoms with Crippen molar-refractivity contribution in [3.63, 3.8) is 0 Å². The number of hydrogen-bond donors (Lipinski definition) is 2. The monoisotopic (exact) mass is 360 g/mol. The molecule has 6 nitrogen and oxygen atoms in total. The number of aryl methyl sites for hydroxylation is 1. The largest absolute Gasteiger partial charge is 0.324 e.